The van der Waals surface area contributed by atoms with Crippen LogP contribution in [0.1, 0.15) is 12.5 Å². The molecule has 0 bridgehead atoms. The van der Waals surface area contributed by atoms with Gasteiger partial charge in [-0.1, -0.05) is 6.07 Å². The molecule has 0 spiro atoms. The van der Waals surface area contributed by atoms with E-state index in [1.165, 1.54) is 0 Å². The zero-order valence-corrected chi connectivity index (χ0v) is 8.37. The van der Waals surface area contributed by atoms with Crippen molar-refractivity contribution in [2.75, 3.05) is 24.5 Å². The van der Waals surface area contributed by atoms with Gasteiger partial charge in [0.2, 0.25) is 0 Å². The van der Waals surface area contributed by atoms with Crippen LogP contribution in [-0.4, -0.2) is 13.7 Å². The predicted molar refractivity (Wildman–Crippen MR) is 55.6 cm³/mol. The van der Waals surface area contributed by atoms with E-state index in [1.54, 1.807) is 7.11 Å². The Morgan fingerprint density at radius 2 is 2.15 bits per heavy atom. The molecule has 0 amide bonds. The largest absolute Gasteiger partial charge is 0.398 e. The quantitative estimate of drug-likeness (QED) is 0.571. The minimum atomic E-state index is 0.799. The second-order valence-corrected chi connectivity index (χ2v) is 2.87. The monoisotopic (exact) mass is 180 g/mol. The predicted octanol–water partition coefficient (Wildman–Crippen LogP) is 1.96. The van der Waals surface area contributed by atoms with Gasteiger partial charge in [0.15, 0.2) is 0 Å². The third kappa shape index (κ3) is 1.92. The van der Waals surface area contributed by atoms with Gasteiger partial charge in [-0.15, -0.1) is 0 Å². The molecule has 0 fully saturated rings. The Hall–Kier alpha value is -1.22. The van der Waals surface area contributed by atoms with Gasteiger partial charge in [-0.3, -0.25) is 9.90 Å². The maximum Gasteiger partial charge on any atom is 0.0685 e. The molecule has 0 saturated carbocycles. The normalized spacial score (nSPS) is 10.1. The maximum absolute atomic E-state index is 5.79. The Morgan fingerprint density at radius 1 is 1.46 bits per heavy atom. The van der Waals surface area contributed by atoms with E-state index in [1.807, 2.05) is 37.1 Å². The average molecular weight is 180 g/mol. The second kappa shape index (κ2) is 4.14. The van der Waals surface area contributed by atoms with E-state index in [0.717, 1.165) is 23.5 Å². The number of hydrogen-bond donors (Lipinski definition) is 1. The Bertz CT molecular complexity index is 282. The first kappa shape index (κ1) is 9.86. The first-order valence-electron chi connectivity index (χ1n) is 4.37. The van der Waals surface area contributed by atoms with Crippen LogP contribution in [0.25, 0.3) is 0 Å². The standard InChI is InChI=1S/C10H16N2O/c1-4-12(13-3)10-7-5-6-9(11)8(10)2/h5-7H,4,11H2,1-3H3. The van der Waals surface area contributed by atoms with E-state index in [0.29, 0.717) is 0 Å². The number of nitrogens with two attached hydrogens (primary N) is 1. The lowest BCUT2D eigenvalue weighted by Crippen LogP contribution is -2.21. The van der Waals surface area contributed by atoms with Crippen LogP contribution in [0.5, 0.6) is 0 Å². The first-order valence-corrected chi connectivity index (χ1v) is 4.37. The molecule has 13 heavy (non-hydrogen) atoms. The molecule has 72 valence electrons. The zero-order chi connectivity index (χ0) is 9.84. The SMILES string of the molecule is CCN(OC)c1cccc(N)c1C. The number of nitrogens with zero attached hydrogens (tertiary/aromatic N) is 1. The number of anilines is 2. The van der Waals surface area contributed by atoms with Gasteiger partial charge in [-0.25, -0.2) is 0 Å². The summed E-state index contributed by atoms with van der Waals surface area (Å²) in [5.74, 6) is 0. The fraction of sp³-hybridized carbons (Fsp3) is 0.400. The number of rotatable bonds is 3. The summed E-state index contributed by atoms with van der Waals surface area (Å²) in [6.07, 6.45) is 0. The summed E-state index contributed by atoms with van der Waals surface area (Å²) < 4.78 is 0. The van der Waals surface area contributed by atoms with Crippen LogP contribution < -0.4 is 10.8 Å². The molecule has 0 aromatic heterocycles. The van der Waals surface area contributed by atoms with Gasteiger partial charge >= 0.3 is 0 Å². The van der Waals surface area contributed by atoms with Crippen LogP contribution in [0.4, 0.5) is 11.4 Å². The Morgan fingerprint density at radius 3 is 2.69 bits per heavy atom. The summed E-state index contributed by atoms with van der Waals surface area (Å²) >= 11 is 0. The van der Waals surface area contributed by atoms with Crippen molar-refractivity contribution < 1.29 is 4.84 Å². The smallest absolute Gasteiger partial charge is 0.0685 e. The molecule has 0 aliphatic rings. The Kier molecular flexibility index (Phi) is 3.14. The number of benzene rings is 1. The van der Waals surface area contributed by atoms with Crippen LogP contribution in [0.3, 0.4) is 0 Å². The first-order chi connectivity index (χ1) is 6.20. The van der Waals surface area contributed by atoms with Gasteiger partial charge < -0.3 is 5.73 Å². The van der Waals surface area contributed by atoms with Crippen LogP contribution >= 0.6 is 0 Å². The molecular weight excluding hydrogens is 164 g/mol. The van der Waals surface area contributed by atoms with E-state index in [2.05, 4.69) is 0 Å². The van der Waals surface area contributed by atoms with E-state index in [4.69, 9.17) is 10.6 Å². The average Bonchev–Trinajstić information content (AvgIpc) is 2.14. The van der Waals surface area contributed by atoms with Gasteiger partial charge in [0.25, 0.3) is 0 Å². The van der Waals surface area contributed by atoms with Crippen molar-refractivity contribution in [2.45, 2.75) is 13.8 Å². The molecule has 0 heterocycles. The number of nitrogen functional groups attached to an aromatic ring is 1. The van der Waals surface area contributed by atoms with E-state index >= 15 is 0 Å². The molecule has 0 radical (unpaired) electrons. The minimum Gasteiger partial charge on any atom is -0.398 e. The van der Waals surface area contributed by atoms with Gasteiger partial charge in [-0.05, 0) is 31.5 Å². The van der Waals surface area contributed by atoms with Gasteiger partial charge in [0, 0.05) is 12.2 Å². The van der Waals surface area contributed by atoms with E-state index in [9.17, 15) is 0 Å². The van der Waals surface area contributed by atoms with Crippen LogP contribution in [0.2, 0.25) is 0 Å². The highest BCUT2D eigenvalue weighted by atomic mass is 16.7. The molecule has 0 unspecified atom stereocenters. The molecule has 0 aliphatic heterocycles. The lowest BCUT2D eigenvalue weighted by Gasteiger charge is -2.22. The fourth-order valence-electron chi connectivity index (χ4n) is 1.31. The van der Waals surface area contributed by atoms with Gasteiger partial charge in [-0.2, -0.15) is 0 Å². The maximum atomic E-state index is 5.79. The van der Waals surface area contributed by atoms with Crippen molar-refractivity contribution in [1.82, 2.24) is 0 Å². The molecule has 3 heteroatoms. The molecule has 3 nitrogen and oxygen atoms in total. The highest BCUT2D eigenvalue weighted by molar-refractivity contribution is 5.62. The molecule has 1 rings (SSSR count). The van der Waals surface area contributed by atoms with Crippen LogP contribution in [0.15, 0.2) is 18.2 Å². The summed E-state index contributed by atoms with van der Waals surface area (Å²) in [6.45, 7) is 4.83. The third-order valence-electron chi connectivity index (χ3n) is 2.12. The van der Waals surface area contributed by atoms with Crippen molar-refractivity contribution in [1.29, 1.82) is 0 Å². The van der Waals surface area contributed by atoms with Crippen molar-refractivity contribution in [3.05, 3.63) is 23.8 Å². The lowest BCUT2D eigenvalue weighted by atomic mass is 10.1. The summed E-state index contributed by atoms with van der Waals surface area (Å²) in [5, 5.41) is 1.81. The second-order valence-electron chi connectivity index (χ2n) is 2.87. The van der Waals surface area contributed by atoms with E-state index < -0.39 is 0 Å². The summed E-state index contributed by atoms with van der Waals surface area (Å²) in [4.78, 5) is 5.20. The molecule has 0 aliphatic carbocycles. The summed E-state index contributed by atoms with van der Waals surface area (Å²) in [7, 11) is 1.66. The van der Waals surface area contributed by atoms with Crippen LogP contribution in [0, 0.1) is 6.92 Å². The van der Waals surface area contributed by atoms with Crippen molar-refractivity contribution in [3.63, 3.8) is 0 Å². The summed E-state index contributed by atoms with van der Waals surface area (Å²) in [6, 6.07) is 5.82. The van der Waals surface area contributed by atoms with Crippen molar-refractivity contribution in [2.24, 2.45) is 0 Å². The molecule has 1 aromatic rings. The summed E-state index contributed by atoms with van der Waals surface area (Å²) in [5.41, 5.74) is 8.68. The topological polar surface area (TPSA) is 38.5 Å². The Balaban J connectivity index is 3.05. The number of hydroxylamine groups is 1. The number of hydrogen-bond acceptors (Lipinski definition) is 3. The Labute approximate surface area is 79.1 Å². The highest BCUT2D eigenvalue weighted by Crippen LogP contribution is 2.24. The minimum absolute atomic E-state index is 0.799. The van der Waals surface area contributed by atoms with Crippen molar-refractivity contribution >= 4 is 11.4 Å². The van der Waals surface area contributed by atoms with Gasteiger partial charge in [0.05, 0.1) is 12.8 Å². The lowest BCUT2D eigenvalue weighted by molar-refractivity contribution is 0.170. The fourth-order valence-corrected chi connectivity index (χ4v) is 1.31. The molecule has 2 N–H and O–H groups in total. The highest BCUT2D eigenvalue weighted by Gasteiger charge is 2.07. The zero-order valence-electron chi connectivity index (χ0n) is 8.37. The third-order valence-corrected chi connectivity index (χ3v) is 2.12. The van der Waals surface area contributed by atoms with Crippen molar-refractivity contribution in [3.8, 4) is 0 Å². The molecular formula is C10H16N2O. The molecule has 0 saturated heterocycles. The van der Waals surface area contributed by atoms with Crippen LogP contribution in [-0.2, 0) is 4.84 Å². The van der Waals surface area contributed by atoms with E-state index in [-0.39, 0.29) is 0 Å². The molecule has 1 aromatic carbocycles. The van der Waals surface area contributed by atoms with Gasteiger partial charge in [0.1, 0.15) is 0 Å². The molecule has 0 atom stereocenters.